The average Bonchev–Trinajstić information content (AvgIpc) is 3.11. The Morgan fingerprint density at radius 3 is 2.44 bits per heavy atom. The van der Waals surface area contributed by atoms with E-state index in [-0.39, 0.29) is 22.7 Å². The number of imide groups is 1. The minimum absolute atomic E-state index is 0.00957. The summed E-state index contributed by atoms with van der Waals surface area (Å²) < 4.78 is 43.8. The summed E-state index contributed by atoms with van der Waals surface area (Å²) in [6.45, 7) is 0.00957. The van der Waals surface area contributed by atoms with Crippen molar-refractivity contribution >= 4 is 40.6 Å². The molecule has 1 fully saturated rings. The van der Waals surface area contributed by atoms with Gasteiger partial charge < -0.3 is 10.1 Å². The van der Waals surface area contributed by atoms with Crippen LogP contribution in [-0.2, 0) is 17.5 Å². The van der Waals surface area contributed by atoms with Crippen molar-refractivity contribution in [2.24, 2.45) is 0 Å². The van der Waals surface area contributed by atoms with Gasteiger partial charge in [0.1, 0.15) is 5.75 Å². The second-order valence-corrected chi connectivity index (χ2v) is 8.77. The molecule has 0 spiro atoms. The molecule has 4 rings (SSSR count). The minimum Gasteiger partial charge on any atom is -0.497 e. The van der Waals surface area contributed by atoms with Gasteiger partial charge in [-0.05, 0) is 71.4 Å². The molecule has 0 atom stereocenters. The number of nitrogens with zero attached hydrogens (tertiary/aromatic N) is 1. The molecule has 184 valence electrons. The molecule has 1 aliphatic rings. The Kier molecular flexibility index (Phi) is 7.16. The third-order valence-electron chi connectivity index (χ3n) is 5.27. The third-order valence-corrected chi connectivity index (χ3v) is 6.18. The van der Waals surface area contributed by atoms with Gasteiger partial charge >= 0.3 is 6.18 Å². The van der Waals surface area contributed by atoms with Crippen LogP contribution in [0.4, 0.5) is 23.7 Å². The van der Waals surface area contributed by atoms with E-state index >= 15 is 0 Å². The number of amides is 3. The molecule has 1 saturated heterocycles. The van der Waals surface area contributed by atoms with E-state index in [0.29, 0.717) is 11.3 Å². The van der Waals surface area contributed by atoms with Crippen LogP contribution in [0.2, 0.25) is 0 Å². The van der Waals surface area contributed by atoms with Crippen molar-refractivity contribution < 1.29 is 32.3 Å². The molecule has 3 aromatic rings. The predicted octanol–water partition coefficient (Wildman–Crippen LogP) is 6.20. The summed E-state index contributed by atoms with van der Waals surface area (Å²) >= 11 is 0.835. The Bertz CT molecular complexity index is 1350. The number of benzene rings is 3. The Morgan fingerprint density at radius 1 is 1.03 bits per heavy atom. The van der Waals surface area contributed by atoms with Crippen molar-refractivity contribution in [3.8, 4) is 5.75 Å². The fraction of sp³-hybridized carbons (Fsp3) is 0.115. The molecular formula is C26H19F3N2O4S. The Hall–Kier alpha value is -4.05. The van der Waals surface area contributed by atoms with Crippen molar-refractivity contribution in [3.05, 3.63) is 100.0 Å². The van der Waals surface area contributed by atoms with Crippen LogP contribution in [-0.4, -0.2) is 29.1 Å². The zero-order chi connectivity index (χ0) is 25.9. The first-order valence-corrected chi connectivity index (χ1v) is 11.4. The maximum absolute atomic E-state index is 12.9. The molecule has 0 bridgehead atoms. The van der Waals surface area contributed by atoms with Gasteiger partial charge in [0, 0.05) is 11.3 Å². The van der Waals surface area contributed by atoms with Gasteiger partial charge in [-0.2, -0.15) is 13.2 Å². The second kappa shape index (κ2) is 10.3. The maximum Gasteiger partial charge on any atom is 0.416 e. The zero-order valence-electron chi connectivity index (χ0n) is 18.8. The smallest absolute Gasteiger partial charge is 0.416 e. The molecule has 1 N–H and O–H groups in total. The number of thioether (sulfide) groups is 1. The van der Waals surface area contributed by atoms with Crippen LogP contribution < -0.4 is 10.1 Å². The molecule has 3 aromatic carbocycles. The van der Waals surface area contributed by atoms with Crippen LogP contribution in [0, 0.1) is 0 Å². The number of carbonyl (C=O) groups excluding carboxylic acids is 3. The normalized spacial score (nSPS) is 14.9. The predicted molar refractivity (Wildman–Crippen MR) is 130 cm³/mol. The van der Waals surface area contributed by atoms with Crippen LogP contribution in [0.25, 0.3) is 6.08 Å². The quantitative estimate of drug-likeness (QED) is 0.398. The standard InChI is InChI=1S/C26H19F3N2O4S/c1-35-21-7-2-4-17(12-21)13-22-24(33)31(25(34)36-22)15-16-8-10-18(11-9-16)23(32)30-20-6-3-5-19(14-20)26(27,28)29/h2-14H,15H2,1H3,(H,30,32)/b22-13-. The zero-order valence-corrected chi connectivity index (χ0v) is 19.7. The summed E-state index contributed by atoms with van der Waals surface area (Å²) in [5.41, 5.74) is 0.683. The van der Waals surface area contributed by atoms with E-state index in [2.05, 4.69) is 5.32 Å². The van der Waals surface area contributed by atoms with Gasteiger partial charge in [0.2, 0.25) is 0 Å². The van der Waals surface area contributed by atoms with Gasteiger partial charge in [0.05, 0.1) is 24.1 Å². The summed E-state index contributed by atoms with van der Waals surface area (Å²) in [6.07, 6.45) is -2.90. The molecule has 3 amide bonds. The van der Waals surface area contributed by atoms with E-state index in [1.54, 1.807) is 42.5 Å². The van der Waals surface area contributed by atoms with Crippen LogP contribution in [0.3, 0.4) is 0 Å². The summed E-state index contributed by atoms with van der Waals surface area (Å²) in [6, 6.07) is 17.5. The van der Waals surface area contributed by atoms with Crippen LogP contribution in [0.5, 0.6) is 5.75 Å². The van der Waals surface area contributed by atoms with Gasteiger partial charge in [0.15, 0.2) is 0 Å². The lowest BCUT2D eigenvalue weighted by atomic mass is 10.1. The largest absolute Gasteiger partial charge is 0.497 e. The molecule has 0 unspecified atom stereocenters. The highest BCUT2D eigenvalue weighted by molar-refractivity contribution is 8.18. The molecule has 1 aliphatic heterocycles. The number of anilines is 1. The fourth-order valence-corrected chi connectivity index (χ4v) is 4.28. The number of carbonyl (C=O) groups is 3. The van der Waals surface area contributed by atoms with Crippen LogP contribution >= 0.6 is 11.8 Å². The van der Waals surface area contributed by atoms with Crippen LogP contribution in [0.1, 0.15) is 27.0 Å². The van der Waals surface area contributed by atoms with E-state index in [4.69, 9.17) is 4.74 Å². The lowest BCUT2D eigenvalue weighted by molar-refractivity contribution is -0.137. The first kappa shape index (κ1) is 25.1. The van der Waals surface area contributed by atoms with Gasteiger partial charge in [-0.3, -0.25) is 19.3 Å². The van der Waals surface area contributed by atoms with Crippen molar-refractivity contribution in [1.29, 1.82) is 0 Å². The summed E-state index contributed by atoms with van der Waals surface area (Å²) in [7, 11) is 1.53. The lowest BCUT2D eigenvalue weighted by Crippen LogP contribution is -2.27. The van der Waals surface area contributed by atoms with Crippen molar-refractivity contribution in [1.82, 2.24) is 4.90 Å². The number of alkyl halides is 3. The van der Waals surface area contributed by atoms with Crippen molar-refractivity contribution in [2.45, 2.75) is 12.7 Å². The van der Waals surface area contributed by atoms with E-state index in [9.17, 15) is 27.6 Å². The Balaban J connectivity index is 1.42. The molecule has 0 saturated carbocycles. The molecule has 0 radical (unpaired) electrons. The third kappa shape index (κ3) is 5.77. The molecule has 6 nitrogen and oxygen atoms in total. The monoisotopic (exact) mass is 512 g/mol. The van der Waals surface area contributed by atoms with Crippen molar-refractivity contribution in [3.63, 3.8) is 0 Å². The molecular weight excluding hydrogens is 493 g/mol. The number of ether oxygens (including phenoxy) is 1. The number of halogens is 3. The second-order valence-electron chi connectivity index (χ2n) is 7.77. The lowest BCUT2D eigenvalue weighted by Gasteiger charge is -2.13. The minimum atomic E-state index is -4.52. The SMILES string of the molecule is COc1cccc(/C=C2\SC(=O)N(Cc3ccc(C(=O)Nc4cccc(C(F)(F)F)c4)cc3)C2=O)c1. The van der Waals surface area contributed by atoms with Crippen molar-refractivity contribution in [2.75, 3.05) is 12.4 Å². The summed E-state index contributed by atoms with van der Waals surface area (Å²) in [4.78, 5) is 39.1. The van der Waals surface area contributed by atoms with E-state index in [0.717, 1.165) is 34.4 Å². The summed E-state index contributed by atoms with van der Waals surface area (Å²) in [5.74, 6) is -0.396. The van der Waals surface area contributed by atoms with Crippen LogP contribution in [0.15, 0.2) is 77.7 Å². The van der Waals surface area contributed by atoms with Gasteiger partial charge in [0.25, 0.3) is 17.1 Å². The number of rotatable bonds is 6. The number of methoxy groups -OCH3 is 1. The molecule has 0 aliphatic carbocycles. The highest BCUT2D eigenvalue weighted by Gasteiger charge is 2.35. The Labute approximate surface area is 208 Å². The van der Waals surface area contributed by atoms with Gasteiger partial charge in [-0.1, -0.05) is 30.3 Å². The topological polar surface area (TPSA) is 75.7 Å². The summed E-state index contributed by atoms with van der Waals surface area (Å²) in [5, 5.41) is 2.02. The van der Waals surface area contributed by atoms with Gasteiger partial charge in [-0.15, -0.1) is 0 Å². The molecule has 10 heteroatoms. The maximum atomic E-state index is 12.9. The van der Waals surface area contributed by atoms with E-state index in [1.165, 1.54) is 31.4 Å². The molecule has 1 heterocycles. The first-order chi connectivity index (χ1) is 17.1. The fourth-order valence-electron chi connectivity index (χ4n) is 3.44. The molecule has 36 heavy (non-hydrogen) atoms. The number of hydrogen-bond acceptors (Lipinski definition) is 5. The number of hydrogen-bond donors (Lipinski definition) is 1. The first-order valence-electron chi connectivity index (χ1n) is 10.6. The van der Waals surface area contributed by atoms with E-state index < -0.39 is 28.8 Å². The van der Waals surface area contributed by atoms with E-state index in [1.807, 2.05) is 0 Å². The molecule has 0 aromatic heterocycles. The highest BCUT2D eigenvalue weighted by Crippen LogP contribution is 2.34. The number of nitrogens with one attached hydrogen (secondary N) is 1. The average molecular weight is 513 g/mol. The van der Waals surface area contributed by atoms with Gasteiger partial charge in [-0.25, -0.2) is 0 Å². The highest BCUT2D eigenvalue weighted by atomic mass is 32.2. The Morgan fingerprint density at radius 2 is 1.75 bits per heavy atom.